The molecule has 84 valence electrons. The van der Waals surface area contributed by atoms with Crippen LogP contribution in [0.15, 0.2) is 48.5 Å². The highest BCUT2D eigenvalue weighted by molar-refractivity contribution is 5.47. The van der Waals surface area contributed by atoms with E-state index in [4.69, 9.17) is 10.8 Å². The Morgan fingerprint density at radius 3 is 1.94 bits per heavy atom. The molecular weight excluding hydrogens is 198 g/mol. The summed E-state index contributed by atoms with van der Waals surface area (Å²) >= 11 is 0. The Kier molecular flexibility index (Phi) is 4.40. The van der Waals surface area contributed by atoms with Crippen molar-refractivity contribution < 1.29 is 5.11 Å². The number of phenolic OH excluding ortho intramolecular Hbond substituents is 1. The van der Waals surface area contributed by atoms with E-state index in [-0.39, 0.29) is 0 Å². The van der Waals surface area contributed by atoms with Crippen molar-refractivity contribution in [3.8, 4) is 5.75 Å². The van der Waals surface area contributed by atoms with Crippen LogP contribution in [0.25, 0.3) is 0 Å². The van der Waals surface area contributed by atoms with Crippen LogP contribution in [0.5, 0.6) is 5.75 Å². The Morgan fingerprint density at radius 2 is 1.56 bits per heavy atom. The molecule has 0 bridgehead atoms. The summed E-state index contributed by atoms with van der Waals surface area (Å²) < 4.78 is 0. The molecule has 0 aliphatic carbocycles. The second kappa shape index (κ2) is 5.81. The Bertz CT molecular complexity index is 438. The van der Waals surface area contributed by atoms with Crippen molar-refractivity contribution in [3.63, 3.8) is 0 Å². The summed E-state index contributed by atoms with van der Waals surface area (Å²) in [5, 5.41) is 8.63. The fourth-order valence-electron chi connectivity index (χ4n) is 1.19. The van der Waals surface area contributed by atoms with Gasteiger partial charge in [0.25, 0.3) is 0 Å². The standard InChI is InChI=1S/C8H11N.C6H6O/c1-6-3-4-7(2)8(9)5-6;7-6-4-2-1-3-5-6/h3-5H,9H2,1-2H3;1-5,7H. The van der Waals surface area contributed by atoms with Crippen LogP contribution in [0, 0.1) is 13.8 Å². The number of anilines is 1. The minimum absolute atomic E-state index is 0.322. The summed E-state index contributed by atoms with van der Waals surface area (Å²) in [7, 11) is 0. The van der Waals surface area contributed by atoms with Gasteiger partial charge in [0.15, 0.2) is 0 Å². The summed E-state index contributed by atoms with van der Waals surface area (Å²) in [6.45, 7) is 4.05. The molecule has 2 nitrogen and oxygen atoms in total. The maximum atomic E-state index is 8.63. The van der Waals surface area contributed by atoms with Crippen molar-refractivity contribution >= 4 is 5.69 Å². The lowest BCUT2D eigenvalue weighted by molar-refractivity contribution is 0.475. The first kappa shape index (κ1) is 12.1. The smallest absolute Gasteiger partial charge is 0.115 e. The van der Waals surface area contributed by atoms with Gasteiger partial charge in [-0.05, 0) is 43.2 Å². The number of aromatic hydroxyl groups is 1. The molecule has 0 fully saturated rings. The molecule has 0 atom stereocenters. The van der Waals surface area contributed by atoms with Gasteiger partial charge < -0.3 is 10.8 Å². The quantitative estimate of drug-likeness (QED) is 0.662. The molecule has 2 aromatic rings. The largest absolute Gasteiger partial charge is 0.508 e. The first-order chi connectivity index (χ1) is 7.59. The van der Waals surface area contributed by atoms with E-state index in [1.807, 2.05) is 32.0 Å². The Balaban J connectivity index is 0.000000165. The van der Waals surface area contributed by atoms with Crippen molar-refractivity contribution in [1.82, 2.24) is 0 Å². The molecule has 0 aliphatic heterocycles. The fraction of sp³-hybridized carbons (Fsp3) is 0.143. The molecule has 2 aromatic carbocycles. The van der Waals surface area contributed by atoms with Crippen LogP contribution in [0.3, 0.4) is 0 Å². The van der Waals surface area contributed by atoms with Gasteiger partial charge in [-0.3, -0.25) is 0 Å². The highest BCUT2D eigenvalue weighted by Gasteiger charge is 1.89. The molecule has 0 heterocycles. The van der Waals surface area contributed by atoms with Gasteiger partial charge in [0, 0.05) is 5.69 Å². The predicted octanol–water partition coefficient (Wildman–Crippen LogP) is 3.28. The maximum Gasteiger partial charge on any atom is 0.115 e. The molecular formula is C14H17NO. The third-order valence-electron chi connectivity index (χ3n) is 2.19. The average Bonchev–Trinajstić information content (AvgIpc) is 2.26. The van der Waals surface area contributed by atoms with Crippen LogP contribution in [0.4, 0.5) is 5.69 Å². The van der Waals surface area contributed by atoms with Crippen molar-refractivity contribution in [2.45, 2.75) is 13.8 Å². The van der Waals surface area contributed by atoms with E-state index < -0.39 is 0 Å². The Morgan fingerprint density at radius 1 is 0.938 bits per heavy atom. The molecule has 2 heteroatoms. The fourth-order valence-corrected chi connectivity index (χ4v) is 1.19. The van der Waals surface area contributed by atoms with Gasteiger partial charge in [0.05, 0.1) is 0 Å². The van der Waals surface area contributed by atoms with Crippen LogP contribution in [-0.4, -0.2) is 5.11 Å². The minimum Gasteiger partial charge on any atom is -0.508 e. The number of nitrogens with two attached hydrogens (primary N) is 1. The second-order valence-corrected chi connectivity index (χ2v) is 3.70. The lowest BCUT2D eigenvalue weighted by Crippen LogP contribution is -1.88. The molecule has 2 rings (SSSR count). The van der Waals surface area contributed by atoms with Crippen LogP contribution in [-0.2, 0) is 0 Å². The predicted molar refractivity (Wildman–Crippen MR) is 68.4 cm³/mol. The van der Waals surface area contributed by atoms with Crippen molar-refractivity contribution in [2.24, 2.45) is 0 Å². The van der Waals surface area contributed by atoms with Crippen molar-refractivity contribution in [2.75, 3.05) is 5.73 Å². The van der Waals surface area contributed by atoms with Crippen molar-refractivity contribution in [3.05, 3.63) is 59.7 Å². The number of nitrogen functional groups attached to an aromatic ring is 1. The summed E-state index contributed by atoms with van der Waals surface area (Å²) in [5.41, 5.74) is 8.88. The molecule has 0 radical (unpaired) electrons. The van der Waals surface area contributed by atoms with Gasteiger partial charge in [-0.15, -0.1) is 0 Å². The molecule has 0 aromatic heterocycles. The van der Waals surface area contributed by atoms with E-state index in [1.165, 1.54) is 5.56 Å². The molecule has 0 amide bonds. The summed E-state index contributed by atoms with van der Waals surface area (Å²) in [5.74, 6) is 0.322. The van der Waals surface area contributed by atoms with E-state index in [0.29, 0.717) is 5.75 Å². The van der Waals surface area contributed by atoms with E-state index in [0.717, 1.165) is 11.3 Å². The van der Waals surface area contributed by atoms with E-state index >= 15 is 0 Å². The zero-order chi connectivity index (χ0) is 12.0. The third-order valence-corrected chi connectivity index (χ3v) is 2.19. The topological polar surface area (TPSA) is 46.2 Å². The molecule has 16 heavy (non-hydrogen) atoms. The molecule has 0 spiro atoms. The van der Waals surface area contributed by atoms with E-state index in [1.54, 1.807) is 24.3 Å². The Hall–Kier alpha value is -1.96. The minimum atomic E-state index is 0.322. The number of rotatable bonds is 0. The van der Waals surface area contributed by atoms with Crippen molar-refractivity contribution in [1.29, 1.82) is 0 Å². The third kappa shape index (κ3) is 4.05. The van der Waals surface area contributed by atoms with E-state index in [9.17, 15) is 0 Å². The van der Waals surface area contributed by atoms with Crippen LogP contribution >= 0.6 is 0 Å². The monoisotopic (exact) mass is 215 g/mol. The normalized spacial score (nSPS) is 9.12. The lowest BCUT2D eigenvalue weighted by atomic mass is 10.1. The van der Waals surface area contributed by atoms with Gasteiger partial charge in [0.1, 0.15) is 5.75 Å². The number of benzene rings is 2. The number of hydrogen-bond donors (Lipinski definition) is 2. The van der Waals surface area contributed by atoms with Crippen LogP contribution < -0.4 is 5.73 Å². The number of phenols is 1. The van der Waals surface area contributed by atoms with Crippen LogP contribution in [0.1, 0.15) is 11.1 Å². The first-order valence-electron chi connectivity index (χ1n) is 5.16. The highest BCUT2D eigenvalue weighted by Crippen LogP contribution is 2.11. The average molecular weight is 215 g/mol. The summed E-state index contributed by atoms with van der Waals surface area (Å²) in [4.78, 5) is 0. The summed E-state index contributed by atoms with van der Waals surface area (Å²) in [6, 6.07) is 14.8. The van der Waals surface area contributed by atoms with Crippen LogP contribution in [0.2, 0.25) is 0 Å². The zero-order valence-electron chi connectivity index (χ0n) is 9.64. The second-order valence-electron chi connectivity index (χ2n) is 3.70. The van der Waals surface area contributed by atoms with Gasteiger partial charge in [-0.25, -0.2) is 0 Å². The molecule has 0 unspecified atom stereocenters. The Labute approximate surface area is 96.4 Å². The molecule has 0 saturated carbocycles. The number of hydrogen-bond acceptors (Lipinski definition) is 2. The maximum absolute atomic E-state index is 8.63. The molecule has 0 saturated heterocycles. The van der Waals surface area contributed by atoms with Gasteiger partial charge in [-0.2, -0.15) is 0 Å². The number of para-hydroxylation sites is 1. The van der Waals surface area contributed by atoms with Gasteiger partial charge >= 0.3 is 0 Å². The SMILES string of the molecule is Cc1ccc(C)c(N)c1.Oc1ccccc1. The molecule has 3 N–H and O–H groups in total. The molecule has 0 aliphatic rings. The lowest BCUT2D eigenvalue weighted by Gasteiger charge is -1.98. The summed E-state index contributed by atoms with van der Waals surface area (Å²) in [6.07, 6.45) is 0. The highest BCUT2D eigenvalue weighted by atomic mass is 16.3. The first-order valence-corrected chi connectivity index (χ1v) is 5.16. The number of aryl methyl sites for hydroxylation is 2. The van der Waals surface area contributed by atoms with E-state index in [2.05, 4.69) is 6.07 Å². The zero-order valence-corrected chi connectivity index (χ0v) is 9.64. The van der Waals surface area contributed by atoms with Gasteiger partial charge in [-0.1, -0.05) is 30.3 Å². The van der Waals surface area contributed by atoms with Gasteiger partial charge in [0.2, 0.25) is 0 Å².